The lowest BCUT2D eigenvalue weighted by Gasteiger charge is -2.26. The summed E-state index contributed by atoms with van der Waals surface area (Å²) in [5, 5.41) is 6.99. The van der Waals surface area contributed by atoms with Crippen molar-refractivity contribution in [3.8, 4) is 11.5 Å². The van der Waals surface area contributed by atoms with Crippen molar-refractivity contribution in [3.05, 3.63) is 65.0 Å². The number of nitrogens with one attached hydrogen (secondary N) is 1. The van der Waals surface area contributed by atoms with Gasteiger partial charge in [0.2, 0.25) is 0 Å². The molecule has 4 rings (SSSR count). The van der Waals surface area contributed by atoms with Crippen LogP contribution in [0, 0.1) is 13.8 Å². The van der Waals surface area contributed by atoms with Crippen LogP contribution < -0.4 is 5.32 Å². The van der Waals surface area contributed by atoms with Crippen molar-refractivity contribution < 1.29 is 14.1 Å². The molecule has 0 radical (unpaired) electrons. The average molecular weight is 462 g/mol. The molecule has 34 heavy (non-hydrogen) atoms. The number of amides is 3. The number of likely N-dealkylation sites (N-methyl/N-ethyl adjacent to an activating group) is 1. The van der Waals surface area contributed by atoms with Crippen molar-refractivity contribution in [3.63, 3.8) is 0 Å². The molecule has 1 N–H and O–H groups in total. The van der Waals surface area contributed by atoms with Gasteiger partial charge in [-0.1, -0.05) is 17.3 Å². The molecule has 0 unspecified atom stereocenters. The highest BCUT2D eigenvalue weighted by molar-refractivity contribution is 5.94. The fourth-order valence-corrected chi connectivity index (χ4v) is 3.96. The maximum absolute atomic E-state index is 12.6. The van der Waals surface area contributed by atoms with Crippen LogP contribution in [0.25, 0.3) is 11.5 Å². The molecule has 2 heterocycles. The van der Waals surface area contributed by atoms with Crippen molar-refractivity contribution >= 4 is 17.6 Å². The van der Waals surface area contributed by atoms with Crippen molar-refractivity contribution in [1.29, 1.82) is 0 Å². The Morgan fingerprint density at radius 3 is 2.53 bits per heavy atom. The third-order valence-corrected chi connectivity index (χ3v) is 6.14. The standard InChI is InChI=1S/C26H31N5O3/c1-18-7-8-19(2)22(17-18)27-26(33)30(3)16-13-23-28-24(34-29-23)20-9-11-21(12-10-20)25(32)31-14-5-4-6-15-31/h7-12,17H,4-6,13-16H2,1-3H3,(H,27,33). The highest BCUT2D eigenvalue weighted by atomic mass is 16.5. The third-order valence-electron chi connectivity index (χ3n) is 6.14. The molecule has 0 bridgehead atoms. The van der Waals surface area contributed by atoms with Gasteiger partial charge in [0.1, 0.15) is 0 Å². The molecule has 1 saturated heterocycles. The summed E-state index contributed by atoms with van der Waals surface area (Å²) in [4.78, 5) is 33.2. The fourth-order valence-electron chi connectivity index (χ4n) is 3.96. The lowest BCUT2D eigenvalue weighted by atomic mass is 10.1. The highest BCUT2D eigenvalue weighted by Gasteiger charge is 2.19. The van der Waals surface area contributed by atoms with Crippen LogP contribution >= 0.6 is 0 Å². The molecule has 3 amide bonds. The van der Waals surface area contributed by atoms with E-state index in [0.717, 1.165) is 48.3 Å². The zero-order valence-electron chi connectivity index (χ0n) is 20.0. The normalized spacial score (nSPS) is 13.6. The first-order valence-electron chi connectivity index (χ1n) is 11.7. The van der Waals surface area contributed by atoms with Gasteiger partial charge in [-0.2, -0.15) is 4.98 Å². The molecule has 1 aliphatic heterocycles. The van der Waals surface area contributed by atoms with Crippen LogP contribution in [0.4, 0.5) is 10.5 Å². The maximum atomic E-state index is 12.6. The quantitative estimate of drug-likeness (QED) is 0.575. The average Bonchev–Trinajstić information content (AvgIpc) is 3.34. The molecule has 1 fully saturated rings. The molecule has 0 atom stereocenters. The number of likely N-dealkylation sites (tertiary alicyclic amines) is 1. The molecule has 1 aliphatic rings. The number of nitrogens with zero attached hydrogens (tertiary/aromatic N) is 4. The molecular weight excluding hydrogens is 430 g/mol. The Kier molecular flexibility index (Phi) is 7.25. The van der Waals surface area contributed by atoms with Gasteiger partial charge >= 0.3 is 6.03 Å². The van der Waals surface area contributed by atoms with E-state index in [0.29, 0.717) is 30.2 Å². The van der Waals surface area contributed by atoms with E-state index in [1.807, 2.05) is 61.2 Å². The summed E-state index contributed by atoms with van der Waals surface area (Å²) in [6.07, 6.45) is 3.79. The summed E-state index contributed by atoms with van der Waals surface area (Å²) in [7, 11) is 1.74. The van der Waals surface area contributed by atoms with Crippen LogP contribution in [-0.2, 0) is 6.42 Å². The van der Waals surface area contributed by atoms with Gasteiger partial charge in [-0.25, -0.2) is 4.79 Å². The number of hydrogen-bond donors (Lipinski definition) is 1. The second-order valence-corrected chi connectivity index (χ2v) is 8.87. The van der Waals surface area contributed by atoms with Gasteiger partial charge < -0.3 is 19.6 Å². The van der Waals surface area contributed by atoms with Crippen LogP contribution in [0.2, 0.25) is 0 Å². The summed E-state index contributed by atoms with van der Waals surface area (Å²) in [5.41, 5.74) is 4.34. The topological polar surface area (TPSA) is 91.6 Å². The molecule has 0 spiro atoms. The number of carbonyl (C=O) groups is 2. The Bertz CT molecular complexity index is 1150. The van der Waals surface area contributed by atoms with E-state index in [-0.39, 0.29) is 11.9 Å². The molecule has 0 aliphatic carbocycles. The van der Waals surface area contributed by atoms with E-state index >= 15 is 0 Å². The van der Waals surface area contributed by atoms with Gasteiger partial charge in [-0.15, -0.1) is 0 Å². The van der Waals surface area contributed by atoms with Crippen molar-refractivity contribution in [1.82, 2.24) is 19.9 Å². The smallest absolute Gasteiger partial charge is 0.321 e. The second kappa shape index (κ2) is 10.5. The van der Waals surface area contributed by atoms with Crippen LogP contribution in [0.5, 0.6) is 0 Å². The highest BCUT2D eigenvalue weighted by Crippen LogP contribution is 2.20. The first-order valence-corrected chi connectivity index (χ1v) is 11.7. The molecular formula is C26H31N5O3. The van der Waals surface area contributed by atoms with Crippen molar-refractivity contribution in [2.75, 3.05) is 32.0 Å². The summed E-state index contributed by atoms with van der Waals surface area (Å²) >= 11 is 0. The molecule has 2 aromatic carbocycles. The Morgan fingerprint density at radius 1 is 1.06 bits per heavy atom. The molecule has 0 saturated carbocycles. The third kappa shape index (κ3) is 5.62. The molecule has 1 aromatic heterocycles. The van der Waals surface area contributed by atoms with Gasteiger partial charge in [-0.05, 0) is 74.6 Å². The Hall–Kier alpha value is -3.68. The second-order valence-electron chi connectivity index (χ2n) is 8.87. The zero-order valence-corrected chi connectivity index (χ0v) is 20.0. The zero-order chi connectivity index (χ0) is 24.1. The van der Waals surface area contributed by atoms with Gasteiger partial charge in [0.05, 0.1) is 0 Å². The van der Waals surface area contributed by atoms with Crippen LogP contribution in [-0.4, -0.2) is 58.6 Å². The summed E-state index contributed by atoms with van der Waals surface area (Å²) in [5.74, 6) is 0.990. The molecule has 8 nitrogen and oxygen atoms in total. The first-order chi connectivity index (χ1) is 16.4. The van der Waals surface area contributed by atoms with E-state index in [2.05, 4.69) is 15.5 Å². The van der Waals surface area contributed by atoms with Gasteiger partial charge in [0.25, 0.3) is 11.8 Å². The lowest BCUT2D eigenvalue weighted by molar-refractivity contribution is 0.0724. The van der Waals surface area contributed by atoms with Gasteiger partial charge in [-0.3, -0.25) is 4.79 Å². The van der Waals surface area contributed by atoms with Crippen molar-refractivity contribution in [2.24, 2.45) is 0 Å². The Balaban J connectivity index is 1.32. The minimum Gasteiger partial charge on any atom is -0.339 e. The number of carbonyl (C=O) groups excluding carboxylic acids is 2. The summed E-state index contributed by atoms with van der Waals surface area (Å²) < 4.78 is 5.41. The van der Waals surface area contributed by atoms with Gasteiger partial charge in [0.15, 0.2) is 5.82 Å². The van der Waals surface area contributed by atoms with Crippen LogP contribution in [0.3, 0.4) is 0 Å². The summed E-state index contributed by atoms with van der Waals surface area (Å²) in [6, 6.07) is 13.0. The number of hydrogen-bond acceptors (Lipinski definition) is 5. The minimum atomic E-state index is -0.189. The number of piperidine rings is 1. The number of benzene rings is 2. The number of aromatic nitrogens is 2. The van der Waals surface area contributed by atoms with E-state index < -0.39 is 0 Å². The van der Waals surface area contributed by atoms with E-state index in [1.54, 1.807) is 11.9 Å². The Morgan fingerprint density at radius 2 is 1.79 bits per heavy atom. The van der Waals surface area contributed by atoms with Crippen molar-refractivity contribution in [2.45, 2.75) is 39.5 Å². The number of aryl methyl sites for hydroxylation is 2. The lowest BCUT2D eigenvalue weighted by Crippen LogP contribution is -2.35. The molecule has 3 aromatic rings. The largest absolute Gasteiger partial charge is 0.339 e. The van der Waals surface area contributed by atoms with Crippen LogP contribution in [0.1, 0.15) is 46.6 Å². The number of urea groups is 1. The van der Waals surface area contributed by atoms with E-state index in [9.17, 15) is 9.59 Å². The minimum absolute atomic E-state index is 0.0691. The molecule has 178 valence electrons. The first kappa shape index (κ1) is 23.5. The maximum Gasteiger partial charge on any atom is 0.321 e. The van der Waals surface area contributed by atoms with Gasteiger partial charge in [0, 0.05) is 49.9 Å². The molecule has 8 heteroatoms. The Labute approximate surface area is 199 Å². The predicted octanol–water partition coefficient (Wildman–Crippen LogP) is 4.69. The number of anilines is 1. The monoisotopic (exact) mass is 461 g/mol. The van der Waals surface area contributed by atoms with E-state index in [4.69, 9.17) is 4.52 Å². The van der Waals surface area contributed by atoms with E-state index in [1.165, 1.54) is 6.42 Å². The predicted molar refractivity (Wildman–Crippen MR) is 131 cm³/mol. The SMILES string of the molecule is Cc1ccc(C)c(NC(=O)N(C)CCc2noc(-c3ccc(C(=O)N4CCCCC4)cc3)n2)c1. The number of rotatable bonds is 6. The van der Waals surface area contributed by atoms with Crippen LogP contribution in [0.15, 0.2) is 47.0 Å². The fraction of sp³-hybridized carbons (Fsp3) is 0.385. The summed E-state index contributed by atoms with van der Waals surface area (Å²) in [6.45, 7) is 6.05.